The van der Waals surface area contributed by atoms with Gasteiger partial charge in [0.15, 0.2) is 0 Å². The average Bonchev–Trinajstić information content (AvgIpc) is 3.12. The molecule has 4 nitrogen and oxygen atoms in total. The van der Waals surface area contributed by atoms with Crippen molar-refractivity contribution in [2.75, 3.05) is 13.2 Å². The minimum atomic E-state index is -0.0549. The van der Waals surface area contributed by atoms with Crippen LogP contribution in [0.15, 0.2) is 41.2 Å². The Morgan fingerprint density at radius 3 is 2.73 bits per heavy atom. The summed E-state index contributed by atoms with van der Waals surface area (Å²) in [6, 6.07) is 10.4. The van der Waals surface area contributed by atoms with Crippen molar-refractivity contribution in [1.82, 2.24) is 10.3 Å². The summed E-state index contributed by atoms with van der Waals surface area (Å²) in [6.07, 6.45) is 0.782. The fraction of sp³-hybridized carbons (Fsp3) is 0.238. The number of hydrogen-bond acceptors (Lipinski definition) is 4. The van der Waals surface area contributed by atoms with E-state index in [9.17, 15) is 4.79 Å². The first-order valence-electron chi connectivity index (χ1n) is 8.65. The quantitative estimate of drug-likeness (QED) is 0.760. The van der Waals surface area contributed by atoms with Gasteiger partial charge >= 0.3 is 0 Å². The lowest BCUT2D eigenvalue weighted by molar-refractivity contribution is 0.0957. The molecule has 0 radical (unpaired) electrons. The van der Waals surface area contributed by atoms with Gasteiger partial charge in [0.2, 0.25) is 0 Å². The number of rotatable bonds is 3. The number of ether oxygens (including phenoxy) is 1. The summed E-state index contributed by atoms with van der Waals surface area (Å²) < 4.78 is 5.80. The van der Waals surface area contributed by atoms with Gasteiger partial charge in [-0.2, -0.15) is 0 Å². The predicted octanol–water partition coefficient (Wildman–Crippen LogP) is 4.14. The van der Waals surface area contributed by atoms with Crippen LogP contribution in [0.1, 0.15) is 32.6 Å². The number of hydrogen-bond donors (Lipinski definition) is 1. The molecule has 0 saturated heterocycles. The van der Waals surface area contributed by atoms with Crippen molar-refractivity contribution in [3.8, 4) is 17.0 Å². The van der Waals surface area contributed by atoms with Crippen molar-refractivity contribution in [1.29, 1.82) is 0 Å². The average molecular weight is 364 g/mol. The van der Waals surface area contributed by atoms with Crippen LogP contribution < -0.4 is 10.1 Å². The van der Waals surface area contributed by atoms with Crippen LogP contribution in [-0.2, 0) is 6.42 Å². The van der Waals surface area contributed by atoms with Gasteiger partial charge in [0.25, 0.3) is 5.91 Å². The summed E-state index contributed by atoms with van der Waals surface area (Å²) in [5.74, 6) is 0.667. The van der Waals surface area contributed by atoms with Gasteiger partial charge in [-0.15, -0.1) is 11.3 Å². The van der Waals surface area contributed by atoms with E-state index in [1.54, 1.807) is 11.3 Å². The third kappa shape index (κ3) is 3.10. The van der Waals surface area contributed by atoms with E-state index in [1.807, 2.05) is 23.9 Å². The molecule has 0 fully saturated rings. The van der Waals surface area contributed by atoms with Gasteiger partial charge in [-0.25, -0.2) is 4.98 Å². The first-order valence-corrected chi connectivity index (χ1v) is 9.59. The lowest BCUT2D eigenvalue weighted by Crippen LogP contribution is -2.24. The molecule has 132 valence electrons. The molecule has 1 aromatic heterocycles. The number of fused-ring (bicyclic) bond motifs is 1. The number of thiazole rings is 1. The molecule has 0 bridgehead atoms. The minimum Gasteiger partial charge on any atom is -0.491 e. The van der Waals surface area contributed by atoms with Gasteiger partial charge in [0.1, 0.15) is 12.4 Å². The summed E-state index contributed by atoms with van der Waals surface area (Å²) in [5.41, 5.74) is 9.21. The maximum Gasteiger partial charge on any atom is 0.255 e. The number of nitrogens with zero attached hydrogens (tertiary/aromatic N) is 1. The van der Waals surface area contributed by atoms with Crippen molar-refractivity contribution in [3.05, 3.63) is 69.0 Å². The number of carbonyl (C=O) groups excluding carboxylic acids is 1. The van der Waals surface area contributed by atoms with Crippen molar-refractivity contribution >= 4 is 17.2 Å². The molecule has 0 atom stereocenters. The summed E-state index contributed by atoms with van der Waals surface area (Å²) in [5, 5.41) is 4.94. The SMILES string of the molecule is Cc1c(Cc2ccc(-c3cscn3)cc2)cc2c(c1C)OCCNC2=O. The largest absolute Gasteiger partial charge is 0.491 e. The smallest absolute Gasteiger partial charge is 0.255 e. The molecule has 4 rings (SSSR count). The minimum absolute atomic E-state index is 0.0549. The normalized spacial score (nSPS) is 13.5. The van der Waals surface area contributed by atoms with Crippen LogP contribution in [0.5, 0.6) is 5.75 Å². The Balaban J connectivity index is 1.66. The first-order chi connectivity index (χ1) is 12.6. The monoisotopic (exact) mass is 364 g/mol. The molecular formula is C21H20N2O2S. The van der Waals surface area contributed by atoms with E-state index in [0.29, 0.717) is 18.7 Å². The van der Waals surface area contributed by atoms with E-state index < -0.39 is 0 Å². The van der Waals surface area contributed by atoms with Gasteiger partial charge in [0.05, 0.1) is 23.3 Å². The zero-order chi connectivity index (χ0) is 18.1. The third-order valence-corrected chi connectivity index (χ3v) is 5.49. The molecule has 1 aliphatic rings. The maximum atomic E-state index is 12.4. The molecule has 0 aliphatic carbocycles. The molecule has 0 saturated carbocycles. The molecule has 0 unspecified atom stereocenters. The van der Waals surface area contributed by atoms with E-state index in [4.69, 9.17) is 4.74 Å². The van der Waals surface area contributed by atoms with E-state index >= 15 is 0 Å². The molecule has 2 heterocycles. The molecule has 3 aromatic rings. The van der Waals surface area contributed by atoms with Crippen LogP contribution >= 0.6 is 11.3 Å². The van der Waals surface area contributed by atoms with Gasteiger partial charge < -0.3 is 10.1 Å². The van der Waals surface area contributed by atoms with Gasteiger partial charge in [-0.05, 0) is 48.6 Å². The zero-order valence-electron chi connectivity index (χ0n) is 14.8. The fourth-order valence-electron chi connectivity index (χ4n) is 3.28. The van der Waals surface area contributed by atoms with Crippen molar-refractivity contribution in [3.63, 3.8) is 0 Å². The number of nitrogens with one attached hydrogen (secondary N) is 1. The molecule has 1 aliphatic heterocycles. The van der Waals surface area contributed by atoms with Crippen molar-refractivity contribution in [2.45, 2.75) is 20.3 Å². The Morgan fingerprint density at radius 2 is 2.00 bits per heavy atom. The van der Waals surface area contributed by atoms with E-state index in [0.717, 1.165) is 34.6 Å². The molecule has 1 amide bonds. The number of aromatic nitrogens is 1. The third-order valence-electron chi connectivity index (χ3n) is 4.90. The second kappa shape index (κ2) is 6.92. The molecule has 5 heteroatoms. The summed E-state index contributed by atoms with van der Waals surface area (Å²) >= 11 is 1.60. The highest BCUT2D eigenvalue weighted by molar-refractivity contribution is 7.07. The highest BCUT2D eigenvalue weighted by Crippen LogP contribution is 2.32. The molecule has 1 N–H and O–H groups in total. The van der Waals surface area contributed by atoms with Gasteiger partial charge in [-0.3, -0.25) is 4.79 Å². The summed E-state index contributed by atoms with van der Waals surface area (Å²) in [7, 11) is 0. The molecular weight excluding hydrogens is 344 g/mol. The first kappa shape index (κ1) is 16.8. The van der Waals surface area contributed by atoms with Crippen molar-refractivity contribution in [2.24, 2.45) is 0 Å². The Labute approximate surface area is 156 Å². The lowest BCUT2D eigenvalue weighted by atomic mass is 9.93. The van der Waals surface area contributed by atoms with Crippen LogP contribution in [0.3, 0.4) is 0 Å². The lowest BCUT2D eigenvalue weighted by Gasteiger charge is -2.16. The Morgan fingerprint density at radius 1 is 1.19 bits per heavy atom. The van der Waals surface area contributed by atoms with Crippen LogP contribution in [0.2, 0.25) is 0 Å². The van der Waals surface area contributed by atoms with Crippen LogP contribution in [-0.4, -0.2) is 24.0 Å². The molecule has 2 aromatic carbocycles. The molecule has 26 heavy (non-hydrogen) atoms. The van der Waals surface area contributed by atoms with Gasteiger partial charge in [-0.1, -0.05) is 24.3 Å². The number of carbonyl (C=O) groups is 1. The highest BCUT2D eigenvalue weighted by atomic mass is 32.1. The van der Waals surface area contributed by atoms with Crippen LogP contribution in [0, 0.1) is 13.8 Å². The summed E-state index contributed by atoms with van der Waals surface area (Å²) in [4.78, 5) is 16.7. The van der Waals surface area contributed by atoms with E-state index in [-0.39, 0.29) is 5.91 Å². The maximum absolute atomic E-state index is 12.4. The highest BCUT2D eigenvalue weighted by Gasteiger charge is 2.21. The summed E-state index contributed by atoms with van der Waals surface area (Å²) in [6.45, 7) is 5.18. The Bertz CT molecular complexity index is 947. The molecule has 0 spiro atoms. The predicted molar refractivity (Wildman–Crippen MR) is 104 cm³/mol. The second-order valence-electron chi connectivity index (χ2n) is 6.51. The number of benzene rings is 2. The Kier molecular flexibility index (Phi) is 4.47. The fourth-order valence-corrected chi connectivity index (χ4v) is 3.84. The van der Waals surface area contributed by atoms with Gasteiger partial charge in [0, 0.05) is 10.9 Å². The van der Waals surface area contributed by atoms with Crippen molar-refractivity contribution < 1.29 is 9.53 Å². The second-order valence-corrected chi connectivity index (χ2v) is 7.23. The standard InChI is InChI=1S/C21H20N2O2S/c1-13-14(2)20-18(21(24)22-7-8-25-20)10-17(13)9-15-3-5-16(6-4-15)19-11-26-12-23-19/h3-6,10-12H,7-9H2,1-2H3,(H,22,24). The number of amides is 1. The Hall–Kier alpha value is -2.66. The zero-order valence-corrected chi connectivity index (χ0v) is 15.7. The van der Waals surface area contributed by atoms with Crippen LogP contribution in [0.4, 0.5) is 0 Å². The topological polar surface area (TPSA) is 51.2 Å². The van der Waals surface area contributed by atoms with E-state index in [1.165, 1.54) is 11.1 Å². The van der Waals surface area contributed by atoms with Crippen LogP contribution in [0.25, 0.3) is 11.3 Å². The van der Waals surface area contributed by atoms with E-state index in [2.05, 4.69) is 41.5 Å².